The van der Waals surface area contributed by atoms with Gasteiger partial charge in [0.2, 0.25) is 5.91 Å². The zero-order valence-corrected chi connectivity index (χ0v) is 17.7. The number of amides is 1. The van der Waals surface area contributed by atoms with E-state index in [1.807, 2.05) is 6.08 Å². The highest BCUT2D eigenvalue weighted by Gasteiger charge is 2.44. The largest absolute Gasteiger partial charge is 0.273 e. The fraction of sp³-hybridized carbons (Fsp3) is 0.304. The molecule has 1 saturated carbocycles. The fourth-order valence-corrected chi connectivity index (χ4v) is 4.57. The third-order valence-electron chi connectivity index (χ3n) is 5.98. The van der Waals surface area contributed by atoms with Gasteiger partial charge >= 0.3 is 0 Å². The van der Waals surface area contributed by atoms with E-state index in [0.717, 1.165) is 35.3 Å². The van der Waals surface area contributed by atoms with Crippen LogP contribution in [0.15, 0.2) is 59.2 Å². The Morgan fingerprint density at radius 1 is 1.03 bits per heavy atom. The minimum atomic E-state index is -0.448. The van der Waals surface area contributed by atoms with Crippen molar-refractivity contribution in [3.63, 3.8) is 0 Å². The first-order chi connectivity index (χ1) is 15.2. The lowest BCUT2D eigenvalue weighted by Gasteiger charge is -2.32. The molecule has 9 nitrogen and oxygen atoms in total. The van der Waals surface area contributed by atoms with E-state index < -0.39 is 9.85 Å². The summed E-state index contributed by atoms with van der Waals surface area (Å²) in [5, 5.41) is 28.1. The van der Waals surface area contributed by atoms with Crippen molar-refractivity contribution >= 4 is 29.1 Å². The zero-order chi connectivity index (χ0) is 23.0. The van der Waals surface area contributed by atoms with Crippen LogP contribution in [0.2, 0.25) is 0 Å². The summed E-state index contributed by atoms with van der Waals surface area (Å²) >= 11 is 0. The van der Waals surface area contributed by atoms with Gasteiger partial charge in [0.25, 0.3) is 11.4 Å². The molecule has 1 aliphatic carbocycles. The number of nitrogens with zero attached hydrogens (tertiary/aromatic N) is 4. The van der Waals surface area contributed by atoms with Crippen molar-refractivity contribution in [3.05, 3.63) is 85.5 Å². The second-order valence-corrected chi connectivity index (χ2v) is 8.31. The van der Waals surface area contributed by atoms with Crippen LogP contribution in [0.3, 0.4) is 0 Å². The Bertz CT molecular complexity index is 1140. The van der Waals surface area contributed by atoms with E-state index in [0.29, 0.717) is 5.92 Å². The van der Waals surface area contributed by atoms with Gasteiger partial charge in [0.1, 0.15) is 0 Å². The van der Waals surface area contributed by atoms with E-state index in [1.54, 1.807) is 24.3 Å². The normalized spacial score (nSPS) is 23.6. The van der Waals surface area contributed by atoms with E-state index in [9.17, 15) is 25.0 Å². The van der Waals surface area contributed by atoms with Gasteiger partial charge in [-0.2, -0.15) is 5.10 Å². The zero-order valence-electron chi connectivity index (χ0n) is 17.7. The molecule has 0 radical (unpaired) electrons. The van der Waals surface area contributed by atoms with Gasteiger partial charge < -0.3 is 0 Å². The van der Waals surface area contributed by atoms with Crippen LogP contribution < -0.4 is 0 Å². The predicted molar refractivity (Wildman–Crippen MR) is 119 cm³/mol. The lowest BCUT2D eigenvalue weighted by atomic mass is 9.73. The second kappa shape index (κ2) is 8.33. The third-order valence-corrected chi connectivity index (χ3v) is 5.98. The summed E-state index contributed by atoms with van der Waals surface area (Å²) < 4.78 is 0. The van der Waals surface area contributed by atoms with Crippen molar-refractivity contribution in [3.8, 4) is 0 Å². The molecule has 1 heterocycles. The summed E-state index contributed by atoms with van der Waals surface area (Å²) in [6.07, 6.45) is 3.59. The van der Waals surface area contributed by atoms with E-state index in [1.165, 1.54) is 36.2 Å². The van der Waals surface area contributed by atoms with Crippen LogP contribution in [-0.4, -0.2) is 26.5 Å². The summed E-state index contributed by atoms with van der Waals surface area (Å²) in [7, 11) is 0. The maximum Gasteiger partial charge on any atom is 0.269 e. The smallest absolute Gasteiger partial charge is 0.269 e. The van der Waals surface area contributed by atoms with Gasteiger partial charge in [-0.15, -0.1) is 0 Å². The molecule has 1 amide bonds. The summed E-state index contributed by atoms with van der Waals surface area (Å²) in [5.74, 6) is 0.113. The fourth-order valence-electron chi connectivity index (χ4n) is 4.57. The predicted octanol–water partition coefficient (Wildman–Crippen LogP) is 4.89. The number of benzene rings is 2. The summed E-state index contributed by atoms with van der Waals surface area (Å²) in [6.45, 7) is 3.60. The van der Waals surface area contributed by atoms with Crippen molar-refractivity contribution in [2.24, 2.45) is 16.9 Å². The van der Waals surface area contributed by atoms with Crippen LogP contribution in [0.25, 0.3) is 6.08 Å². The first-order valence-electron chi connectivity index (χ1n) is 10.3. The first-order valence-corrected chi connectivity index (χ1v) is 10.3. The number of carbonyl (C=O) groups excluding carboxylic acids is 1. The van der Waals surface area contributed by atoms with Gasteiger partial charge in [0.05, 0.1) is 21.6 Å². The Morgan fingerprint density at radius 2 is 1.59 bits per heavy atom. The lowest BCUT2D eigenvalue weighted by Crippen LogP contribution is -2.32. The number of nitro benzene ring substituents is 2. The Kier molecular flexibility index (Phi) is 5.56. The number of hydrogen-bond acceptors (Lipinski definition) is 6. The van der Waals surface area contributed by atoms with Crippen molar-refractivity contribution in [1.82, 2.24) is 5.01 Å². The molecular weight excluding hydrogens is 412 g/mol. The van der Waals surface area contributed by atoms with Crippen molar-refractivity contribution in [2.75, 3.05) is 0 Å². The van der Waals surface area contributed by atoms with Crippen LogP contribution in [0.5, 0.6) is 0 Å². The highest BCUT2D eigenvalue weighted by atomic mass is 16.6. The standard InChI is InChI=1S/C23H22N4O5/c1-14-11-18(13-16-3-7-19(8-4-16)26(29)30)22-21(12-14)23(25(24-22)15(2)28)17-5-9-20(10-6-17)27(31)32/h3-10,13-14,21,23H,11-12H2,1-2H3. The number of fused-ring (bicyclic) bond motifs is 1. The molecule has 164 valence electrons. The van der Waals surface area contributed by atoms with Gasteiger partial charge in [-0.05, 0) is 53.7 Å². The minimum Gasteiger partial charge on any atom is -0.273 e. The van der Waals surface area contributed by atoms with Crippen LogP contribution >= 0.6 is 0 Å². The topological polar surface area (TPSA) is 119 Å². The Hall–Kier alpha value is -3.88. The molecule has 1 fully saturated rings. The summed E-state index contributed by atoms with van der Waals surface area (Å²) in [6, 6.07) is 12.3. The molecule has 4 rings (SSSR count). The summed E-state index contributed by atoms with van der Waals surface area (Å²) in [4.78, 5) is 33.5. The molecule has 2 aliphatic rings. The maximum absolute atomic E-state index is 12.4. The quantitative estimate of drug-likeness (QED) is 0.501. The highest BCUT2D eigenvalue weighted by molar-refractivity contribution is 6.08. The van der Waals surface area contributed by atoms with Crippen molar-refractivity contribution in [1.29, 1.82) is 0 Å². The molecular formula is C23H22N4O5. The maximum atomic E-state index is 12.4. The minimum absolute atomic E-state index is 0.00182. The van der Waals surface area contributed by atoms with Gasteiger partial charge in [0, 0.05) is 37.1 Å². The number of rotatable bonds is 4. The average molecular weight is 434 g/mol. The molecule has 0 N–H and O–H groups in total. The molecule has 0 saturated heterocycles. The Labute approximate surface area is 184 Å². The molecule has 2 aromatic rings. The van der Waals surface area contributed by atoms with Crippen LogP contribution in [-0.2, 0) is 4.79 Å². The Balaban J connectivity index is 1.71. The van der Waals surface area contributed by atoms with Gasteiger partial charge in [-0.25, -0.2) is 5.01 Å². The molecule has 2 aromatic carbocycles. The van der Waals surface area contributed by atoms with Gasteiger partial charge in [-0.1, -0.05) is 19.1 Å². The Morgan fingerprint density at radius 3 is 2.12 bits per heavy atom. The van der Waals surface area contributed by atoms with E-state index in [2.05, 4.69) is 12.0 Å². The number of carbonyl (C=O) groups is 1. The number of hydrogen-bond donors (Lipinski definition) is 0. The molecule has 0 spiro atoms. The molecule has 3 atom stereocenters. The molecule has 32 heavy (non-hydrogen) atoms. The van der Waals surface area contributed by atoms with Crippen molar-refractivity contribution < 1.29 is 14.6 Å². The molecule has 0 bridgehead atoms. The monoisotopic (exact) mass is 434 g/mol. The molecule has 9 heteroatoms. The second-order valence-electron chi connectivity index (χ2n) is 8.31. The van der Waals surface area contributed by atoms with Crippen LogP contribution in [0.4, 0.5) is 11.4 Å². The third kappa shape index (κ3) is 4.01. The molecule has 1 aliphatic heterocycles. The number of non-ortho nitro benzene ring substituents is 2. The van der Waals surface area contributed by atoms with E-state index >= 15 is 0 Å². The highest BCUT2D eigenvalue weighted by Crippen LogP contribution is 2.46. The van der Waals surface area contributed by atoms with Crippen LogP contribution in [0.1, 0.15) is 43.9 Å². The average Bonchev–Trinajstić information content (AvgIpc) is 3.14. The van der Waals surface area contributed by atoms with Crippen molar-refractivity contribution in [2.45, 2.75) is 32.7 Å². The molecule has 3 unspecified atom stereocenters. The SMILES string of the molecule is CC(=O)N1N=C2C(=Cc3ccc([N+](=O)[O-])cc3)CC(C)CC2C1c1ccc([N+](=O)[O-])cc1. The van der Waals surface area contributed by atoms with Gasteiger partial charge in [0.15, 0.2) is 0 Å². The number of allylic oxidation sites excluding steroid dienone is 1. The summed E-state index contributed by atoms with van der Waals surface area (Å²) in [5.41, 5.74) is 3.49. The van der Waals surface area contributed by atoms with E-state index in [4.69, 9.17) is 0 Å². The number of hydrazone groups is 1. The molecule has 0 aromatic heterocycles. The van der Waals surface area contributed by atoms with Gasteiger partial charge in [-0.3, -0.25) is 25.0 Å². The first kappa shape index (κ1) is 21.4. The lowest BCUT2D eigenvalue weighted by molar-refractivity contribution is -0.385. The van der Waals surface area contributed by atoms with Crippen LogP contribution in [0, 0.1) is 32.1 Å². The van der Waals surface area contributed by atoms with E-state index in [-0.39, 0.29) is 29.2 Å². The number of nitro groups is 2.